The van der Waals surface area contributed by atoms with Crippen molar-refractivity contribution in [3.63, 3.8) is 0 Å². The molecule has 2 aliphatic heterocycles. The fraction of sp³-hybridized carbons (Fsp3) is 0.467. The van der Waals surface area contributed by atoms with E-state index in [4.69, 9.17) is 16.9 Å². The maximum absolute atomic E-state index is 12.6. The fourth-order valence-corrected chi connectivity index (χ4v) is 3.62. The quantitative estimate of drug-likeness (QED) is 0.865. The highest BCUT2D eigenvalue weighted by Crippen LogP contribution is 2.38. The van der Waals surface area contributed by atoms with Crippen molar-refractivity contribution in [3.8, 4) is 6.07 Å². The number of hydrogen-bond acceptors (Lipinski definition) is 3. The first-order valence-electron chi connectivity index (χ1n) is 6.94. The molecule has 1 aromatic carbocycles. The minimum atomic E-state index is -0.483. The van der Waals surface area contributed by atoms with Crippen molar-refractivity contribution in [3.05, 3.63) is 28.3 Å². The molecule has 0 spiro atoms. The van der Waals surface area contributed by atoms with Crippen molar-refractivity contribution in [2.45, 2.75) is 38.5 Å². The molecule has 2 heterocycles. The largest absolute Gasteiger partial charge is 0.391 e. The topological polar surface area (TPSA) is 67.6 Å². The zero-order valence-electron chi connectivity index (χ0n) is 11.9. The van der Waals surface area contributed by atoms with E-state index in [-0.39, 0.29) is 18.1 Å². The fourth-order valence-electron chi connectivity index (χ4n) is 3.41. The van der Waals surface area contributed by atoms with E-state index < -0.39 is 6.10 Å². The molecule has 1 aromatic rings. The Balaban J connectivity index is 2.04. The number of anilines is 1. The number of halogens is 1. The van der Waals surface area contributed by atoms with E-state index in [0.29, 0.717) is 34.8 Å². The summed E-state index contributed by atoms with van der Waals surface area (Å²) in [7, 11) is 0. The van der Waals surface area contributed by atoms with Crippen LogP contribution in [0.4, 0.5) is 10.5 Å². The molecule has 0 bridgehead atoms. The summed E-state index contributed by atoms with van der Waals surface area (Å²) >= 11 is 6.20. The highest BCUT2D eigenvalue weighted by Gasteiger charge is 2.50. The number of urea groups is 1. The van der Waals surface area contributed by atoms with Gasteiger partial charge in [0.25, 0.3) is 0 Å². The lowest BCUT2D eigenvalue weighted by Crippen LogP contribution is -2.39. The van der Waals surface area contributed by atoms with Crippen molar-refractivity contribution in [1.82, 2.24) is 4.90 Å². The standard InChI is InChI=1S/C15H16ClN3O2/c1-8-11(4-3-10(7-17)13(8)16)19-9(2)14-12(20)5-6-18(14)15(19)21/h3-4,9,12,14,20H,5-6H2,1-2H3/t9?,12?,14-/m1/s1. The van der Waals surface area contributed by atoms with E-state index in [0.717, 1.165) is 0 Å². The van der Waals surface area contributed by atoms with Crippen molar-refractivity contribution in [2.75, 3.05) is 11.4 Å². The first kappa shape index (κ1) is 14.2. The van der Waals surface area contributed by atoms with Gasteiger partial charge >= 0.3 is 6.03 Å². The number of amides is 2. The summed E-state index contributed by atoms with van der Waals surface area (Å²) in [4.78, 5) is 16.0. The van der Waals surface area contributed by atoms with Crippen LogP contribution in [0.25, 0.3) is 0 Å². The van der Waals surface area contributed by atoms with Crippen LogP contribution in [-0.4, -0.2) is 40.8 Å². The minimum absolute atomic E-state index is 0.104. The number of rotatable bonds is 1. The molecule has 3 rings (SSSR count). The number of aliphatic hydroxyl groups is 1. The second kappa shape index (κ2) is 4.90. The summed E-state index contributed by atoms with van der Waals surface area (Å²) in [6.07, 6.45) is 0.143. The molecule has 2 aliphatic rings. The van der Waals surface area contributed by atoms with Gasteiger partial charge in [-0.3, -0.25) is 4.90 Å². The Hall–Kier alpha value is -1.77. The Morgan fingerprint density at radius 2 is 2.19 bits per heavy atom. The van der Waals surface area contributed by atoms with Gasteiger partial charge in [0.15, 0.2) is 0 Å². The highest BCUT2D eigenvalue weighted by atomic mass is 35.5. The van der Waals surface area contributed by atoms with E-state index in [1.165, 1.54) is 0 Å². The zero-order valence-corrected chi connectivity index (χ0v) is 12.6. The number of hydrogen-bond donors (Lipinski definition) is 1. The van der Waals surface area contributed by atoms with Crippen LogP contribution < -0.4 is 4.90 Å². The summed E-state index contributed by atoms with van der Waals surface area (Å²) in [5.74, 6) is 0. The lowest BCUT2D eigenvalue weighted by atomic mass is 10.0. The minimum Gasteiger partial charge on any atom is -0.391 e. The van der Waals surface area contributed by atoms with Crippen molar-refractivity contribution < 1.29 is 9.90 Å². The number of benzene rings is 1. The smallest absolute Gasteiger partial charge is 0.325 e. The molecule has 0 saturated carbocycles. The van der Waals surface area contributed by atoms with Crippen molar-refractivity contribution >= 4 is 23.3 Å². The SMILES string of the molecule is Cc1c(N2C(=O)N3CCC(O)[C@H]3C2C)ccc(C#N)c1Cl. The van der Waals surface area contributed by atoms with E-state index in [1.54, 1.807) is 28.9 Å². The van der Waals surface area contributed by atoms with E-state index in [9.17, 15) is 9.90 Å². The number of carbonyl (C=O) groups excluding carboxylic acids is 1. The maximum Gasteiger partial charge on any atom is 0.325 e. The number of aliphatic hydroxyl groups excluding tert-OH is 1. The van der Waals surface area contributed by atoms with Crippen LogP contribution in [0, 0.1) is 18.3 Å². The molecule has 5 nitrogen and oxygen atoms in total. The highest BCUT2D eigenvalue weighted by molar-refractivity contribution is 6.33. The molecule has 110 valence electrons. The molecule has 0 aromatic heterocycles. The normalized spacial score (nSPS) is 28.0. The molecular formula is C15H16ClN3O2. The predicted octanol–water partition coefficient (Wildman–Crippen LogP) is 2.28. The summed E-state index contributed by atoms with van der Waals surface area (Å²) in [6, 6.07) is 5.01. The van der Waals surface area contributed by atoms with Crippen LogP contribution in [0.2, 0.25) is 5.02 Å². The molecule has 2 fully saturated rings. The van der Waals surface area contributed by atoms with E-state index in [2.05, 4.69) is 0 Å². The Morgan fingerprint density at radius 1 is 1.48 bits per heavy atom. The third-order valence-corrected chi connectivity index (χ3v) is 5.00. The Morgan fingerprint density at radius 3 is 2.81 bits per heavy atom. The van der Waals surface area contributed by atoms with Gasteiger partial charge in [-0.15, -0.1) is 0 Å². The number of nitriles is 1. The average molecular weight is 306 g/mol. The van der Waals surface area contributed by atoms with Crippen LogP contribution in [0.3, 0.4) is 0 Å². The molecule has 2 saturated heterocycles. The molecule has 1 N–H and O–H groups in total. The van der Waals surface area contributed by atoms with Gasteiger partial charge in [0.2, 0.25) is 0 Å². The van der Waals surface area contributed by atoms with Crippen LogP contribution in [0.1, 0.15) is 24.5 Å². The third kappa shape index (κ3) is 1.90. The summed E-state index contributed by atoms with van der Waals surface area (Å²) in [6.45, 7) is 4.32. The van der Waals surface area contributed by atoms with Crippen LogP contribution >= 0.6 is 11.6 Å². The lowest BCUT2D eigenvalue weighted by molar-refractivity contribution is 0.133. The maximum atomic E-state index is 12.6. The molecule has 0 radical (unpaired) electrons. The van der Waals surface area contributed by atoms with Gasteiger partial charge in [-0.1, -0.05) is 11.6 Å². The van der Waals surface area contributed by atoms with Crippen molar-refractivity contribution in [2.24, 2.45) is 0 Å². The first-order chi connectivity index (χ1) is 9.97. The molecule has 2 unspecified atom stereocenters. The van der Waals surface area contributed by atoms with E-state index in [1.807, 2.05) is 13.0 Å². The Labute approximate surface area is 128 Å². The van der Waals surface area contributed by atoms with Gasteiger partial charge < -0.3 is 10.0 Å². The van der Waals surface area contributed by atoms with Gasteiger partial charge in [-0.2, -0.15) is 5.26 Å². The first-order valence-corrected chi connectivity index (χ1v) is 7.32. The van der Waals surface area contributed by atoms with Gasteiger partial charge in [0.1, 0.15) is 6.07 Å². The average Bonchev–Trinajstić information content (AvgIpc) is 2.95. The van der Waals surface area contributed by atoms with Gasteiger partial charge in [-0.25, -0.2) is 4.79 Å². The Bertz CT molecular complexity index is 655. The van der Waals surface area contributed by atoms with Gasteiger partial charge in [0.05, 0.1) is 34.5 Å². The zero-order chi connectivity index (χ0) is 15.3. The molecule has 2 amide bonds. The second-order valence-electron chi connectivity index (χ2n) is 5.62. The summed E-state index contributed by atoms with van der Waals surface area (Å²) in [5.41, 5.74) is 1.82. The summed E-state index contributed by atoms with van der Waals surface area (Å²) in [5, 5.41) is 19.5. The van der Waals surface area contributed by atoms with E-state index >= 15 is 0 Å². The molecule has 6 heteroatoms. The summed E-state index contributed by atoms with van der Waals surface area (Å²) < 4.78 is 0. The van der Waals surface area contributed by atoms with Gasteiger partial charge in [-0.05, 0) is 38.0 Å². The number of nitrogens with zero attached hydrogens (tertiary/aromatic N) is 3. The molecule has 3 atom stereocenters. The van der Waals surface area contributed by atoms with Crippen molar-refractivity contribution in [1.29, 1.82) is 5.26 Å². The molecule has 0 aliphatic carbocycles. The third-order valence-electron chi connectivity index (χ3n) is 4.51. The number of carbonyl (C=O) groups is 1. The van der Waals surface area contributed by atoms with Crippen LogP contribution in [-0.2, 0) is 0 Å². The monoisotopic (exact) mass is 305 g/mol. The molecular weight excluding hydrogens is 290 g/mol. The molecule has 21 heavy (non-hydrogen) atoms. The van der Waals surface area contributed by atoms with Gasteiger partial charge in [0, 0.05) is 6.54 Å². The predicted molar refractivity (Wildman–Crippen MR) is 79.4 cm³/mol. The van der Waals surface area contributed by atoms with Crippen LogP contribution in [0.15, 0.2) is 12.1 Å². The Kier molecular flexibility index (Phi) is 3.31. The van der Waals surface area contributed by atoms with Crippen LogP contribution in [0.5, 0.6) is 0 Å². The number of fused-ring (bicyclic) bond motifs is 1. The lowest BCUT2D eigenvalue weighted by Gasteiger charge is -2.26. The second-order valence-corrected chi connectivity index (χ2v) is 5.99.